The van der Waals surface area contributed by atoms with E-state index in [1.54, 1.807) is 0 Å². The van der Waals surface area contributed by atoms with Gasteiger partial charge in [-0.1, -0.05) is 38.2 Å². The van der Waals surface area contributed by atoms with E-state index in [2.05, 4.69) is 50.4 Å². The Balaban J connectivity index is 0.00000320. The molecule has 2 aliphatic rings. The second-order valence-electron chi connectivity index (χ2n) is 8.83. The van der Waals surface area contributed by atoms with Crippen molar-refractivity contribution in [2.45, 2.75) is 64.5 Å². The summed E-state index contributed by atoms with van der Waals surface area (Å²) in [5.74, 6) is 2.92. The number of halogens is 1. The van der Waals surface area contributed by atoms with E-state index in [9.17, 15) is 0 Å². The molecular weight excluding hydrogens is 487 g/mol. The van der Waals surface area contributed by atoms with Gasteiger partial charge in [0.2, 0.25) is 0 Å². The number of nitrogens with one attached hydrogen (secondary N) is 2. The molecule has 170 valence electrons. The smallest absolute Gasteiger partial charge is 0.191 e. The summed E-state index contributed by atoms with van der Waals surface area (Å²) in [7, 11) is 4.04. The van der Waals surface area contributed by atoms with Crippen LogP contribution >= 0.6 is 24.0 Å². The van der Waals surface area contributed by atoms with Crippen molar-refractivity contribution in [3.8, 4) is 0 Å². The van der Waals surface area contributed by atoms with Crippen LogP contribution in [0.15, 0.2) is 23.3 Å². The fourth-order valence-electron chi connectivity index (χ4n) is 4.51. The number of rotatable bonds is 7. The number of nitrogens with zero attached hydrogens (tertiary/aromatic N) is 4. The van der Waals surface area contributed by atoms with Crippen molar-refractivity contribution in [2.75, 3.05) is 45.2 Å². The maximum Gasteiger partial charge on any atom is 0.191 e. The highest BCUT2D eigenvalue weighted by Gasteiger charge is 2.18. The monoisotopic (exact) mass is 528 g/mol. The topological polar surface area (TPSA) is 55.8 Å². The third-order valence-corrected chi connectivity index (χ3v) is 6.46. The first-order valence-corrected chi connectivity index (χ1v) is 11.5. The zero-order chi connectivity index (χ0) is 20.5. The Morgan fingerprint density at radius 3 is 2.63 bits per heavy atom. The van der Waals surface area contributed by atoms with Gasteiger partial charge in [-0.25, -0.2) is 4.98 Å². The number of guanidine groups is 1. The van der Waals surface area contributed by atoms with E-state index in [1.807, 2.05) is 19.3 Å². The third-order valence-electron chi connectivity index (χ3n) is 6.46. The molecule has 1 aromatic rings. The Hall–Kier alpha value is -1.09. The van der Waals surface area contributed by atoms with Gasteiger partial charge in [0.05, 0.1) is 0 Å². The van der Waals surface area contributed by atoms with Gasteiger partial charge < -0.3 is 20.4 Å². The fraction of sp³-hybridized carbons (Fsp3) is 0.739. The van der Waals surface area contributed by atoms with Crippen molar-refractivity contribution in [1.29, 1.82) is 0 Å². The summed E-state index contributed by atoms with van der Waals surface area (Å²) in [5.41, 5.74) is 1.23. The van der Waals surface area contributed by atoms with Crippen molar-refractivity contribution in [3.63, 3.8) is 0 Å². The molecule has 2 heterocycles. The van der Waals surface area contributed by atoms with Crippen LogP contribution in [0.25, 0.3) is 0 Å². The normalized spacial score (nSPS) is 19.8. The minimum absolute atomic E-state index is 0. The van der Waals surface area contributed by atoms with Crippen LogP contribution in [0.4, 0.5) is 5.82 Å². The molecule has 7 heteroatoms. The molecule has 1 unspecified atom stereocenters. The van der Waals surface area contributed by atoms with E-state index >= 15 is 0 Å². The molecule has 2 fully saturated rings. The lowest BCUT2D eigenvalue weighted by Gasteiger charge is -2.34. The largest absolute Gasteiger partial charge is 0.354 e. The van der Waals surface area contributed by atoms with Gasteiger partial charge in [0.1, 0.15) is 5.82 Å². The molecule has 3 rings (SSSR count). The summed E-state index contributed by atoms with van der Waals surface area (Å²) in [6.07, 6.45) is 11.6. The minimum atomic E-state index is 0. The lowest BCUT2D eigenvalue weighted by Crippen LogP contribution is -2.45. The summed E-state index contributed by atoms with van der Waals surface area (Å²) in [5, 5.41) is 7.08. The zero-order valence-electron chi connectivity index (χ0n) is 19.1. The van der Waals surface area contributed by atoms with E-state index in [4.69, 9.17) is 0 Å². The molecule has 0 bridgehead atoms. The number of likely N-dealkylation sites (N-methyl/N-ethyl adjacent to an activating group) is 1. The average Bonchev–Trinajstić information content (AvgIpc) is 2.77. The second-order valence-corrected chi connectivity index (χ2v) is 8.83. The Morgan fingerprint density at radius 2 is 1.93 bits per heavy atom. The highest BCUT2D eigenvalue weighted by Crippen LogP contribution is 2.27. The number of piperazine rings is 1. The number of aromatic nitrogens is 1. The number of anilines is 1. The van der Waals surface area contributed by atoms with Crippen LogP contribution in [-0.2, 0) is 6.54 Å². The van der Waals surface area contributed by atoms with Crippen LogP contribution in [0.2, 0.25) is 0 Å². The van der Waals surface area contributed by atoms with E-state index in [0.717, 1.165) is 50.4 Å². The molecular formula is C23H41IN6. The molecule has 1 saturated carbocycles. The van der Waals surface area contributed by atoms with Gasteiger partial charge in [0.25, 0.3) is 0 Å². The van der Waals surface area contributed by atoms with Gasteiger partial charge in [-0.05, 0) is 38.8 Å². The number of hydrogen-bond donors (Lipinski definition) is 2. The minimum Gasteiger partial charge on any atom is -0.354 e. The van der Waals surface area contributed by atoms with E-state index in [1.165, 1.54) is 50.5 Å². The molecule has 0 radical (unpaired) electrons. The average molecular weight is 529 g/mol. The summed E-state index contributed by atoms with van der Waals surface area (Å²) < 4.78 is 0. The van der Waals surface area contributed by atoms with E-state index in [-0.39, 0.29) is 24.0 Å². The molecule has 1 aliphatic carbocycles. The first kappa shape index (κ1) is 25.2. The van der Waals surface area contributed by atoms with Crippen LogP contribution in [0.5, 0.6) is 0 Å². The number of aliphatic imine (C=N–C) groups is 1. The Kier molecular flexibility index (Phi) is 11.2. The van der Waals surface area contributed by atoms with Gasteiger partial charge in [-0.3, -0.25) is 4.99 Å². The summed E-state index contributed by atoms with van der Waals surface area (Å²) in [6.45, 7) is 7.26. The highest BCUT2D eigenvalue weighted by molar-refractivity contribution is 14.0. The SMILES string of the molecule is CN=C(NCc1cccnc1N1CCN(C)CC1)NC(C)CCC1CCCCC1.I. The van der Waals surface area contributed by atoms with Crippen LogP contribution in [0.3, 0.4) is 0 Å². The van der Waals surface area contributed by atoms with Crippen LogP contribution in [0, 0.1) is 5.92 Å². The van der Waals surface area contributed by atoms with Crippen molar-refractivity contribution >= 4 is 35.8 Å². The number of pyridine rings is 1. The Bertz CT molecular complexity index is 638. The van der Waals surface area contributed by atoms with Crippen molar-refractivity contribution < 1.29 is 0 Å². The summed E-state index contributed by atoms with van der Waals surface area (Å²) >= 11 is 0. The van der Waals surface area contributed by atoms with Crippen molar-refractivity contribution in [3.05, 3.63) is 23.9 Å². The molecule has 1 aliphatic heterocycles. The maximum absolute atomic E-state index is 4.68. The number of hydrogen-bond acceptors (Lipinski definition) is 4. The van der Waals surface area contributed by atoms with Crippen LogP contribution < -0.4 is 15.5 Å². The molecule has 6 nitrogen and oxygen atoms in total. The van der Waals surface area contributed by atoms with Crippen molar-refractivity contribution in [1.82, 2.24) is 20.5 Å². The quantitative estimate of drug-likeness (QED) is 0.320. The Labute approximate surface area is 200 Å². The fourth-order valence-corrected chi connectivity index (χ4v) is 4.51. The molecule has 2 N–H and O–H groups in total. The first-order chi connectivity index (χ1) is 14.2. The highest BCUT2D eigenvalue weighted by atomic mass is 127. The van der Waals surface area contributed by atoms with Crippen LogP contribution in [0.1, 0.15) is 57.4 Å². The van der Waals surface area contributed by atoms with Crippen molar-refractivity contribution in [2.24, 2.45) is 10.9 Å². The van der Waals surface area contributed by atoms with Gasteiger partial charge in [-0.2, -0.15) is 0 Å². The molecule has 1 atom stereocenters. The summed E-state index contributed by atoms with van der Waals surface area (Å²) in [4.78, 5) is 13.9. The first-order valence-electron chi connectivity index (χ1n) is 11.5. The lowest BCUT2D eigenvalue weighted by molar-refractivity contribution is 0.312. The zero-order valence-corrected chi connectivity index (χ0v) is 21.4. The standard InChI is InChI=1S/C23H40N6.HI/c1-19(11-12-20-8-5-4-6-9-20)27-23(24-2)26-18-21-10-7-13-25-22(21)29-16-14-28(3)15-17-29;/h7,10,13,19-20H,4-6,8-9,11-12,14-18H2,1-3H3,(H2,24,26,27);1H. The molecule has 0 spiro atoms. The molecule has 30 heavy (non-hydrogen) atoms. The molecule has 0 aromatic carbocycles. The van der Waals surface area contributed by atoms with E-state index < -0.39 is 0 Å². The third kappa shape index (κ3) is 7.87. The second kappa shape index (κ2) is 13.3. The Morgan fingerprint density at radius 1 is 1.20 bits per heavy atom. The van der Waals surface area contributed by atoms with Gasteiger partial charge >= 0.3 is 0 Å². The lowest BCUT2D eigenvalue weighted by atomic mass is 9.85. The maximum atomic E-state index is 4.68. The molecule has 1 saturated heterocycles. The van der Waals surface area contributed by atoms with Gasteiger partial charge in [0.15, 0.2) is 5.96 Å². The molecule has 0 amide bonds. The molecule has 1 aromatic heterocycles. The van der Waals surface area contributed by atoms with Gasteiger partial charge in [0, 0.05) is 57.6 Å². The van der Waals surface area contributed by atoms with E-state index in [0.29, 0.717) is 6.04 Å². The summed E-state index contributed by atoms with van der Waals surface area (Å²) in [6, 6.07) is 4.64. The van der Waals surface area contributed by atoms with Crippen LogP contribution in [-0.4, -0.2) is 62.2 Å². The van der Waals surface area contributed by atoms with Gasteiger partial charge in [-0.15, -0.1) is 24.0 Å². The predicted molar refractivity (Wildman–Crippen MR) is 138 cm³/mol. The predicted octanol–water partition coefficient (Wildman–Crippen LogP) is 3.87.